The topological polar surface area (TPSA) is 119 Å². The van der Waals surface area contributed by atoms with E-state index in [1.165, 1.54) is 6.92 Å². The van der Waals surface area contributed by atoms with E-state index >= 15 is 0 Å². The molecule has 0 aliphatic heterocycles. The largest absolute Gasteiger partial charge is 0.425 e. The van der Waals surface area contributed by atoms with Gasteiger partial charge in [-0.05, 0) is 6.42 Å². The minimum Gasteiger partial charge on any atom is -0.425 e. The van der Waals surface area contributed by atoms with Crippen molar-refractivity contribution in [2.45, 2.75) is 33.0 Å². The van der Waals surface area contributed by atoms with E-state index in [9.17, 15) is 18.6 Å². The van der Waals surface area contributed by atoms with Gasteiger partial charge in [0.2, 0.25) is 6.29 Å². The molecule has 0 saturated heterocycles. The molecule has 19 heavy (non-hydrogen) atoms. The maximum Gasteiger partial charge on any atom is 0.410 e. The molecule has 0 bridgehead atoms. The van der Waals surface area contributed by atoms with Crippen LogP contribution in [0.4, 0.5) is 4.79 Å². The fraction of sp³-hybridized carbons (Fsp3) is 0.700. The van der Waals surface area contributed by atoms with E-state index in [4.69, 9.17) is 9.29 Å². The van der Waals surface area contributed by atoms with Crippen molar-refractivity contribution in [3.63, 3.8) is 0 Å². The predicted octanol–water partition coefficient (Wildman–Crippen LogP) is 0.193. The van der Waals surface area contributed by atoms with Crippen molar-refractivity contribution in [3.05, 3.63) is 0 Å². The zero-order valence-electron chi connectivity index (χ0n) is 10.7. The van der Waals surface area contributed by atoms with Crippen LogP contribution in [0.3, 0.4) is 0 Å². The average Bonchev–Trinajstić information content (AvgIpc) is 2.25. The van der Waals surface area contributed by atoms with Gasteiger partial charge < -0.3 is 19.3 Å². The molecule has 110 valence electrons. The first-order chi connectivity index (χ1) is 8.85. The summed E-state index contributed by atoms with van der Waals surface area (Å²) in [6.45, 7) is 2.73. The number of alkyl carbamates (subject to hydrolysis) is 1. The molecule has 2 N–H and O–H groups in total. The Bertz CT molecular complexity index is 358. The van der Waals surface area contributed by atoms with Crippen LogP contribution in [0.2, 0.25) is 0 Å². The van der Waals surface area contributed by atoms with Gasteiger partial charge in [-0.3, -0.25) is 9.59 Å². The summed E-state index contributed by atoms with van der Waals surface area (Å²) in [5, 5.41) is 2.08. The van der Waals surface area contributed by atoms with E-state index in [1.807, 2.05) is 0 Å². The first-order valence-electron chi connectivity index (χ1n) is 5.58. The molecule has 0 aromatic rings. The Morgan fingerprint density at radius 2 is 1.95 bits per heavy atom. The van der Waals surface area contributed by atoms with Gasteiger partial charge in [-0.2, -0.15) is 0 Å². The number of hydrogen-bond donors (Lipinski definition) is 2. The summed E-state index contributed by atoms with van der Waals surface area (Å²) in [6, 6.07) is 0. The molecule has 2 atom stereocenters. The lowest BCUT2D eigenvalue weighted by Gasteiger charge is -2.14. The second-order valence-electron chi connectivity index (χ2n) is 3.57. The Labute approximate surface area is 113 Å². The maximum absolute atomic E-state index is 11.2. The van der Waals surface area contributed by atoms with Gasteiger partial charge in [0.15, 0.2) is 16.9 Å². The predicted molar refractivity (Wildman–Crippen MR) is 65.6 cm³/mol. The van der Waals surface area contributed by atoms with Gasteiger partial charge >= 0.3 is 12.1 Å². The molecule has 8 nitrogen and oxygen atoms in total. The van der Waals surface area contributed by atoms with Gasteiger partial charge in [-0.25, -0.2) is 9.00 Å². The highest BCUT2D eigenvalue weighted by atomic mass is 32.2. The van der Waals surface area contributed by atoms with Crippen LogP contribution in [0.1, 0.15) is 26.7 Å². The lowest BCUT2D eigenvalue weighted by Crippen LogP contribution is -2.35. The first kappa shape index (κ1) is 17.5. The summed E-state index contributed by atoms with van der Waals surface area (Å²) in [7, 11) is 0. The van der Waals surface area contributed by atoms with Crippen LogP contribution in [-0.2, 0) is 30.1 Å². The van der Waals surface area contributed by atoms with E-state index < -0.39 is 47.5 Å². The molecular weight excluding hydrogens is 278 g/mol. The monoisotopic (exact) mass is 295 g/mol. The van der Waals surface area contributed by atoms with Gasteiger partial charge in [0, 0.05) is 13.3 Å². The van der Waals surface area contributed by atoms with E-state index in [0.717, 1.165) is 0 Å². The minimum atomic E-state index is -2.24. The van der Waals surface area contributed by atoms with Crippen molar-refractivity contribution in [3.8, 4) is 0 Å². The summed E-state index contributed by atoms with van der Waals surface area (Å²) in [4.78, 5) is 33.2. The minimum absolute atomic E-state index is 0.218. The summed E-state index contributed by atoms with van der Waals surface area (Å²) in [5.74, 6) is -1.68. The number of ether oxygens (including phenoxy) is 2. The third kappa shape index (κ3) is 10.2. The molecule has 0 aromatic heterocycles. The summed E-state index contributed by atoms with van der Waals surface area (Å²) in [6.07, 6.45) is -1.18. The number of nitrogens with one attached hydrogen (secondary N) is 1. The van der Waals surface area contributed by atoms with Crippen LogP contribution >= 0.6 is 0 Å². The number of carbonyl (C=O) groups excluding carboxylic acids is 3. The van der Waals surface area contributed by atoms with Gasteiger partial charge in [0.1, 0.15) is 5.75 Å². The van der Waals surface area contributed by atoms with E-state index in [-0.39, 0.29) is 6.42 Å². The molecule has 0 fully saturated rings. The van der Waals surface area contributed by atoms with Crippen LogP contribution in [0, 0.1) is 0 Å². The number of rotatable bonds is 8. The van der Waals surface area contributed by atoms with Crippen molar-refractivity contribution in [1.29, 1.82) is 0 Å². The first-order valence-corrected chi connectivity index (χ1v) is 6.85. The second kappa shape index (κ2) is 9.45. The van der Waals surface area contributed by atoms with Crippen molar-refractivity contribution < 1.29 is 32.6 Å². The third-order valence-electron chi connectivity index (χ3n) is 1.74. The van der Waals surface area contributed by atoms with Crippen molar-refractivity contribution in [2.24, 2.45) is 0 Å². The molecule has 2 unspecified atom stereocenters. The van der Waals surface area contributed by atoms with Gasteiger partial charge in [0.05, 0.1) is 6.54 Å². The molecule has 0 rings (SSSR count). The average molecular weight is 295 g/mol. The van der Waals surface area contributed by atoms with Gasteiger partial charge in [-0.1, -0.05) is 6.92 Å². The molecule has 0 heterocycles. The van der Waals surface area contributed by atoms with Crippen LogP contribution in [0.5, 0.6) is 0 Å². The fourth-order valence-electron chi connectivity index (χ4n) is 1.02. The summed E-state index contributed by atoms with van der Waals surface area (Å²) < 4.78 is 28.1. The molecule has 0 aliphatic rings. The normalized spacial score (nSPS) is 13.2. The maximum atomic E-state index is 11.2. The van der Waals surface area contributed by atoms with Gasteiger partial charge in [0.25, 0.3) is 0 Å². The number of esters is 1. The quantitative estimate of drug-likeness (QED) is 0.373. The Morgan fingerprint density at radius 3 is 2.47 bits per heavy atom. The Kier molecular flexibility index (Phi) is 8.71. The van der Waals surface area contributed by atoms with Gasteiger partial charge in [-0.15, -0.1) is 0 Å². The summed E-state index contributed by atoms with van der Waals surface area (Å²) >= 11 is -2.24. The highest BCUT2D eigenvalue weighted by Gasteiger charge is 2.14. The third-order valence-corrected chi connectivity index (χ3v) is 2.31. The van der Waals surface area contributed by atoms with Crippen LogP contribution in [0.25, 0.3) is 0 Å². The number of hydrogen-bond acceptors (Lipinski definition) is 6. The van der Waals surface area contributed by atoms with E-state index in [0.29, 0.717) is 6.42 Å². The molecule has 0 spiro atoms. The zero-order chi connectivity index (χ0) is 14.8. The van der Waals surface area contributed by atoms with Crippen LogP contribution in [-0.4, -0.2) is 45.2 Å². The van der Waals surface area contributed by atoms with Crippen LogP contribution < -0.4 is 5.32 Å². The molecular formula is C10H17NO7S. The van der Waals surface area contributed by atoms with Crippen molar-refractivity contribution >= 4 is 28.9 Å². The fourth-order valence-corrected chi connectivity index (χ4v) is 1.40. The standard InChI is InChI=1S/C10H17NO7S/c1-3-4-9(13)17-7(2)18-10(14)11-5-8(12)6-19(15)16/h7H,3-6H2,1-2H3,(H,11,14)(H,15,16). The van der Waals surface area contributed by atoms with E-state index in [2.05, 4.69) is 10.1 Å². The molecule has 9 heteroatoms. The molecule has 0 aliphatic carbocycles. The van der Waals surface area contributed by atoms with Crippen LogP contribution in [0.15, 0.2) is 0 Å². The molecule has 0 aromatic carbocycles. The number of Topliss-reactive ketones (excluding diaryl/α,β-unsaturated/α-hetero) is 1. The number of ketones is 1. The Balaban J connectivity index is 3.88. The number of carbonyl (C=O) groups is 3. The smallest absolute Gasteiger partial charge is 0.410 e. The van der Waals surface area contributed by atoms with Crippen molar-refractivity contribution in [1.82, 2.24) is 5.32 Å². The van der Waals surface area contributed by atoms with Crippen molar-refractivity contribution in [2.75, 3.05) is 12.3 Å². The molecule has 0 radical (unpaired) electrons. The molecule has 0 saturated carbocycles. The zero-order valence-corrected chi connectivity index (χ0v) is 11.5. The SMILES string of the molecule is CCCC(=O)OC(C)OC(=O)NCC(=O)CS(=O)O. The highest BCUT2D eigenvalue weighted by molar-refractivity contribution is 7.80. The lowest BCUT2D eigenvalue weighted by atomic mass is 10.3. The lowest BCUT2D eigenvalue weighted by molar-refractivity contribution is -0.164. The Hall–Kier alpha value is -1.48. The highest BCUT2D eigenvalue weighted by Crippen LogP contribution is 1.99. The second-order valence-corrected chi connectivity index (χ2v) is 4.50. The molecule has 1 amide bonds. The number of amides is 1. The summed E-state index contributed by atoms with van der Waals surface area (Å²) in [5.41, 5.74) is 0. The Morgan fingerprint density at radius 1 is 1.32 bits per heavy atom. The van der Waals surface area contributed by atoms with E-state index in [1.54, 1.807) is 6.92 Å².